The molecule has 0 saturated heterocycles. The number of hydrogen-bond donors (Lipinski definition) is 1. The van der Waals surface area contributed by atoms with E-state index in [2.05, 4.69) is 12.2 Å². The maximum atomic E-state index is 6.16. The lowest BCUT2D eigenvalue weighted by atomic mass is 10.2. The van der Waals surface area contributed by atoms with E-state index in [1.54, 1.807) is 7.11 Å². The molecule has 0 aliphatic carbocycles. The molecule has 1 N–H and O–H groups in total. The molecule has 112 valence electrons. The molecule has 0 spiro atoms. The highest BCUT2D eigenvalue weighted by Crippen LogP contribution is 2.27. The van der Waals surface area contributed by atoms with Crippen LogP contribution in [0.5, 0.6) is 11.5 Å². The number of hydrogen-bond acceptors (Lipinski definition) is 3. The summed E-state index contributed by atoms with van der Waals surface area (Å²) in [6.45, 7) is 3.54. The molecule has 0 aromatic heterocycles. The van der Waals surface area contributed by atoms with E-state index in [-0.39, 0.29) is 0 Å². The minimum Gasteiger partial charge on any atom is -0.497 e. The maximum Gasteiger partial charge on any atom is 0.121 e. The first-order chi connectivity index (χ1) is 10.2. The molecule has 0 fully saturated rings. The Labute approximate surface area is 130 Å². The van der Waals surface area contributed by atoms with Gasteiger partial charge in [0.15, 0.2) is 0 Å². The summed E-state index contributed by atoms with van der Waals surface area (Å²) in [4.78, 5) is 0. The molecule has 0 radical (unpaired) electrons. The molecule has 0 amide bonds. The van der Waals surface area contributed by atoms with Gasteiger partial charge in [-0.1, -0.05) is 30.7 Å². The fourth-order valence-corrected chi connectivity index (χ4v) is 2.07. The van der Waals surface area contributed by atoms with Crippen LogP contribution < -0.4 is 14.8 Å². The lowest BCUT2D eigenvalue weighted by molar-refractivity contribution is 0.317. The van der Waals surface area contributed by atoms with Gasteiger partial charge < -0.3 is 14.8 Å². The fourth-order valence-electron chi connectivity index (χ4n) is 1.89. The molecular formula is C17H20ClNO2. The largest absolute Gasteiger partial charge is 0.497 e. The smallest absolute Gasteiger partial charge is 0.121 e. The summed E-state index contributed by atoms with van der Waals surface area (Å²) in [5.74, 6) is 1.69. The van der Waals surface area contributed by atoms with E-state index in [9.17, 15) is 0 Å². The van der Waals surface area contributed by atoms with Gasteiger partial charge in [0.25, 0.3) is 0 Å². The van der Waals surface area contributed by atoms with Crippen molar-refractivity contribution >= 4 is 17.3 Å². The Morgan fingerprint density at radius 2 is 1.76 bits per heavy atom. The van der Waals surface area contributed by atoms with Crippen molar-refractivity contribution in [2.24, 2.45) is 0 Å². The normalized spacial score (nSPS) is 10.2. The lowest BCUT2D eigenvalue weighted by Crippen LogP contribution is -2.01. The summed E-state index contributed by atoms with van der Waals surface area (Å²) in [5, 5.41) is 3.99. The predicted molar refractivity (Wildman–Crippen MR) is 87.6 cm³/mol. The Bertz CT molecular complexity index is 570. The highest BCUT2D eigenvalue weighted by atomic mass is 35.5. The topological polar surface area (TPSA) is 30.5 Å². The van der Waals surface area contributed by atoms with Crippen LogP contribution in [0.15, 0.2) is 42.5 Å². The summed E-state index contributed by atoms with van der Waals surface area (Å²) in [6, 6.07) is 13.6. The average molecular weight is 306 g/mol. The standard InChI is InChI=1S/C17H20ClNO2/c1-3-10-21-14-6-4-13(5-7-14)12-19-17-11-15(20-2)8-9-16(17)18/h4-9,11,19H,3,10,12H2,1-2H3. The van der Waals surface area contributed by atoms with Gasteiger partial charge in [-0.3, -0.25) is 0 Å². The molecule has 2 aromatic carbocycles. The van der Waals surface area contributed by atoms with Crippen LogP contribution in [0.25, 0.3) is 0 Å². The Hall–Kier alpha value is -1.87. The monoisotopic (exact) mass is 305 g/mol. The van der Waals surface area contributed by atoms with Crippen LogP contribution in [0.2, 0.25) is 5.02 Å². The Balaban J connectivity index is 1.96. The molecule has 3 nitrogen and oxygen atoms in total. The number of ether oxygens (including phenoxy) is 2. The number of anilines is 1. The van der Waals surface area contributed by atoms with E-state index in [0.717, 1.165) is 35.8 Å². The number of halogens is 1. The van der Waals surface area contributed by atoms with Gasteiger partial charge in [-0.2, -0.15) is 0 Å². The molecule has 0 heterocycles. The van der Waals surface area contributed by atoms with Crippen molar-refractivity contribution in [1.29, 1.82) is 0 Å². The lowest BCUT2D eigenvalue weighted by Gasteiger charge is -2.11. The van der Waals surface area contributed by atoms with Crippen LogP contribution in [0.1, 0.15) is 18.9 Å². The molecule has 4 heteroatoms. The number of nitrogens with one attached hydrogen (secondary N) is 1. The second-order valence-corrected chi connectivity index (χ2v) is 5.10. The SMILES string of the molecule is CCCOc1ccc(CNc2cc(OC)ccc2Cl)cc1. The third-order valence-electron chi connectivity index (χ3n) is 3.05. The van der Waals surface area contributed by atoms with Crippen molar-refractivity contribution in [3.63, 3.8) is 0 Å². The number of benzene rings is 2. The van der Waals surface area contributed by atoms with Crippen LogP contribution in [-0.2, 0) is 6.54 Å². The van der Waals surface area contributed by atoms with Gasteiger partial charge in [0.2, 0.25) is 0 Å². The van der Waals surface area contributed by atoms with Gasteiger partial charge in [-0.05, 0) is 36.2 Å². The Kier molecular flexibility index (Phi) is 5.76. The third-order valence-corrected chi connectivity index (χ3v) is 3.38. The molecule has 2 aromatic rings. The first-order valence-corrected chi connectivity index (χ1v) is 7.40. The van der Waals surface area contributed by atoms with E-state index >= 15 is 0 Å². The van der Waals surface area contributed by atoms with Crippen LogP contribution in [0.3, 0.4) is 0 Å². The summed E-state index contributed by atoms with van der Waals surface area (Å²) < 4.78 is 10.8. The summed E-state index contributed by atoms with van der Waals surface area (Å²) in [6.07, 6.45) is 1.01. The van der Waals surface area contributed by atoms with E-state index < -0.39 is 0 Å². The number of methoxy groups -OCH3 is 1. The van der Waals surface area contributed by atoms with Crippen LogP contribution >= 0.6 is 11.6 Å². The average Bonchev–Trinajstić information content (AvgIpc) is 2.53. The molecule has 2 rings (SSSR count). The van der Waals surface area contributed by atoms with Crippen molar-refractivity contribution < 1.29 is 9.47 Å². The molecular weight excluding hydrogens is 286 g/mol. The van der Waals surface area contributed by atoms with Crippen LogP contribution in [-0.4, -0.2) is 13.7 Å². The fraction of sp³-hybridized carbons (Fsp3) is 0.294. The zero-order valence-electron chi connectivity index (χ0n) is 12.4. The van der Waals surface area contributed by atoms with Gasteiger partial charge in [-0.25, -0.2) is 0 Å². The molecule has 21 heavy (non-hydrogen) atoms. The van der Waals surface area contributed by atoms with Gasteiger partial charge >= 0.3 is 0 Å². The minimum absolute atomic E-state index is 0.679. The van der Waals surface area contributed by atoms with Crippen molar-refractivity contribution in [1.82, 2.24) is 0 Å². The van der Waals surface area contributed by atoms with Gasteiger partial charge in [0.1, 0.15) is 11.5 Å². The third kappa shape index (κ3) is 4.57. The van der Waals surface area contributed by atoms with Gasteiger partial charge in [0.05, 0.1) is 24.4 Å². The Morgan fingerprint density at radius 1 is 1.05 bits per heavy atom. The van der Waals surface area contributed by atoms with Crippen molar-refractivity contribution in [2.45, 2.75) is 19.9 Å². The quantitative estimate of drug-likeness (QED) is 0.800. The minimum atomic E-state index is 0.679. The van der Waals surface area contributed by atoms with Crippen LogP contribution in [0, 0.1) is 0 Å². The van der Waals surface area contributed by atoms with Gasteiger partial charge in [-0.15, -0.1) is 0 Å². The molecule has 0 aliphatic rings. The first-order valence-electron chi connectivity index (χ1n) is 7.02. The molecule has 0 aliphatic heterocycles. The molecule has 0 unspecified atom stereocenters. The second-order valence-electron chi connectivity index (χ2n) is 4.69. The van der Waals surface area contributed by atoms with E-state index in [4.69, 9.17) is 21.1 Å². The molecule has 0 saturated carbocycles. The zero-order valence-corrected chi connectivity index (χ0v) is 13.1. The van der Waals surface area contributed by atoms with Crippen molar-refractivity contribution in [2.75, 3.05) is 19.0 Å². The summed E-state index contributed by atoms with van der Waals surface area (Å²) >= 11 is 6.16. The first kappa shape index (κ1) is 15.5. The number of rotatable bonds is 7. The highest BCUT2D eigenvalue weighted by molar-refractivity contribution is 6.33. The highest BCUT2D eigenvalue weighted by Gasteiger charge is 2.02. The zero-order chi connectivity index (χ0) is 15.1. The van der Waals surface area contributed by atoms with Crippen molar-refractivity contribution in [3.05, 3.63) is 53.1 Å². The van der Waals surface area contributed by atoms with Crippen molar-refractivity contribution in [3.8, 4) is 11.5 Å². The molecule has 0 atom stereocenters. The Morgan fingerprint density at radius 3 is 2.43 bits per heavy atom. The molecule has 0 bridgehead atoms. The van der Waals surface area contributed by atoms with E-state index in [1.807, 2.05) is 42.5 Å². The van der Waals surface area contributed by atoms with Gasteiger partial charge in [0, 0.05) is 12.6 Å². The second kappa shape index (κ2) is 7.79. The summed E-state index contributed by atoms with van der Waals surface area (Å²) in [5.41, 5.74) is 2.03. The maximum absolute atomic E-state index is 6.16. The summed E-state index contributed by atoms with van der Waals surface area (Å²) in [7, 11) is 1.64. The predicted octanol–water partition coefficient (Wildman–Crippen LogP) is 4.75. The van der Waals surface area contributed by atoms with E-state index in [0.29, 0.717) is 11.6 Å². The van der Waals surface area contributed by atoms with Crippen LogP contribution in [0.4, 0.5) is 5.69 Å². The van der Waals surface area contributed by atoms with E-state index in [1.165, 1.54) is 0 Å².